The minimum Gasteiger partial charge on any atom is -0.341 e. The second-order valence-corrected chi connectivity index (χ2v) is 8.28. The molecule has 7 heteroatoms. The van der Waals surface area contributed by atoms with Gasteiger partial charge in [0.1, 0.15) is 0 Å². The monoisotopic (exact) mass is 344 g/mol. The first kappa shape index (κ1) is 17.2. The fourth-order valence-corrected chi connectivity index (χ4v) is 4.52. The van der Waals surface area contributed by atoms with Crippen molar-refractivity contribution in [3.63, 3.8) is 0 Å². The van der Waals surface area contributed by atoms with Crippen molar-refractivity contribution in [2.45, 2.75) is 18.9 Å². The Morgan fingerprint density at radius 2 is 2.23 bits per heavy atom. The molecule has 0 aromatic heterocycles. The van der Waals surface area contributed by atoms with Gasteiger partial charge in [-0.3, -0.25) is 4.79 Å². The second-order valence-electron chi connectivity index (χ2n) is 5.62. The summed E-state index contributed by atoms with van der Waals surface area (Å²) in [6, 6.07) is 7.43. The highest BCUT2D eigenvalue weighted by atomic mass is 35.5. The average molecular weight is 345 g/mol. The smallest absolute Gasteiger partial charge is 0.236 e. The number of hydrogen-bond donors (Lipinski definition) is 1. The molecule has 1 aromatic rings. The molecule has 0 spiro atoms. The predicted molar refractivity (Wildman–Crippen MR) is 87.9 cm³/mol. The Kier molecular flexibility index (Phi) is 5.83. The summed E-state index contributed by atoms with van der Waals surface area (Å²) in [6.45, 7) is 0.885. The first-order valence-electron chi connectivity index (χ1n) is 7.28. The number of sulfone groups is 1. The van der Waals surface area contributed by atoms with E-state index in [1.54, 1.807) is 11.9 Å². The summed E-state index contributed by atoms with van der Waals surface area (Å²) in [6.07, 6.45) is 1.32. The summed E-state index contributed by atoms with van der Waals surface area (Å²) in [4.78, 5) is 13.6. The third kappa shape index (κ3) is 4.97. The standard InChI is InChI=1S/C15H21ClN2O3S/c1-18(14-6-8-22(20,21)11-14)15(19)10-17-7-5-12-3-2-4-13(16)9-12/h2-4,9,14,17H,5-8,10-11H2,1H3. The maximum absolute atomic E-state index is 12.1. The first-order chi connectivity index (χ1) is 10.4. The van der Waals surface area contributed by atoms with Crippen molar-refractivity contribution < 1.29 is 13.2 Å². The number of likely N-dealkylation sites (N-methyl/N-ethyl adjacent to an activating group) is 1. The van der Waals surface area contributed by atoms with Crippen molar-refractivity contribution in [2.75, 3.05) is 31.6 Å². The first-order valence-corrected chi connectivity index (χ1v) is 9.48. The van der Waals surface area contributed by atoms with Crippen LogP contribution in [-0.2, 0) is 21.1 Å². The number of halogens is 1. The van der Waals surface area contributed by atoms with Gasteiger partial charge in [0.2, 0.25) is 5.91 Å². The van der Waals surface area contributed by atoms with Gasteiger partial charge in [0.25, 0.3) is 0 Å². The van der Waals surface area contributed by atoms with Gasteiger partial charge in [0.05, 0.1) is 18.1 Å². The van der Waals surface area contributed by atoms with E-state index in [0.29, 0.717) is 18.0 Å². The maximum Gasteiger partial charge on any atom is 0.236 e. The number of nitrogens with one attached hydrogen (secondary N) is 1. The zero-order valence-corrected chi connectivity index (χ0v) is 14.2. The fourth-order valence-electron chi connectivity index (χ4n) is 2.53. The number of nitrogens with zero attached hydrogens (tertiary/aromatic N) is 1. The lowest BCUT2D eigenvalue weighted by Gasteiger charge is -2.23. The van der Waals surface area contributed by atoms with E-state index in [1.807, 2.05) is 24.3 Å². The number of rotatable bonds is 6. The maximum atomic E-state index is 12.1. The van der Waals surface area contributed by atoms with Crippen LogP contribution in [-0.4, -0.2) is 56.9 Å². The molecule has 1 amide bonds. The number of amides is 1. The summed E-state index contributed by atoms with van der Waals surface area (Å²) in [5, 5.41) is 3.80. The van der Waals surface area contributed by atoms with E-state index >= 15 is 0 Å². The lowest BCUT2D eigenvalue weighted by atomic mass is 10.1. The van der Waals surface area contributed by atoms with Crippen molar-refractivity contribution in [1.82, 2.24) is 10.2 Å². The topological polar surface area (TPSA) is 66.5 Å². The molecule has 0 bridgehead atoms. The summed E-state index contributed by atoms with van der Waals surface area (Å²) in [5.41, 5.74) is 1.11. The third-order valence-corrected chi connectivity index (χ3v) is 5.89. The van der Waals surface area contributed by atoms with Gasteiger partial charge in [-0.25, -0.2) is 8.42 Å². The third-order valence-electron chi connectivity index (χ3n) is 3.91. The zero-order valence-electron chi connectivity index (χ0n) is 12.6. The van der Waals surface area contributed by atoms with Crippen LogP contribution in [0, 0.1) is 0 Å². The van der Waals surface area contributed by atoms with Crippen LogP contribution in [0.2, 0.25) is 5.02 Å². The van der Waals surface area contributed by atoms with Gasteiger partial charge >= 0.3 is 0 Å². The van der Waals surface area contributed by atoms with Crippen LogP contribution < -0.4 is 5.32 Å². The number of carbonyl (C=O) groups excluding carboxylic acids is 1. The molecule has 22 heavy (non-hydrogen) atoms. The van der Waals surface area contributed by atoms with Gasteiger partial charge in [-0.1, -0.05) is 23.7 Å². The van der Waals surface area contributed by atoms with E-state index in [4.69, 9.17) is 11.6 Å². The van der Waals surface area contributed by atoms with E-state index in [2.05, 4.69) is 5.32 Å². The minimum absolute atomic E-state index is 0.0757. The normalized spacial score (nSPS) is 20.0. The molecule has 0 aliphatic carbocycles. The Balaban J connectivity index is 1.71. The SMILES string of the molecule is CN(C(=O)CNCCc1cccc(Cl)c1)C1CCS(=O)(=O)C1. The van der Waals surface area contributed by atoms with Crippen LogP contribution in [0.5, 0.6) is 0 Å². The molecule has 1 N–H and O–H groups in total. The van der Waals surface area contributed by atoms with Crippen LogP contribution in [0.25, 0.3) is 0 Å². The number of hydrogen-bond acceptors (Lipinski definition) is 4. The lowest BCUT2D eigenvalue weighted by Crippen LogP contribution is -2.42. The van der Waals surface area contributed by atoms with E-state index < -0.39 is 9.84 Å². The Labute approximate surface area is 136 Å². The molecule has 1 heterocycles. The highest BCUT2D eigenvalue weighted by Gasteiger charge is 2.32. The van der Waals surface area contributed by atoms with E-state index in [0.717, 1.165) is 12.0 Å². The molecule has 1 fully saturated rings. The zero-order chi connectivity index (χ0) is 16.2. The van der Waals surface area contributed by atoms with E-state index in [1.165, 1.54) is 0 Å². The van der Waals surface area contributed by atoms with Gasteiger partial charge in [-0.2, -0.15) is 0 Å². The molecule has 5 nitrogen and oxygen atoms in total. The van der Waals surface area contributed by atoms with Crippen LogP contribution in [0.1, 0.15) is 12.0 Å². The average Bonchev–Trinajstić information content (AvgIpc) is 2.83. The minimum atomic E-state index is -2.97. The summed E-state index contributed by atoms with van der Waals surface area (Å²) < 4.78 is 22.9. The molecular weight excluding hydrogens is 324 g/mol. The second kappa shape index (κ2) is 7.44. The molecule has 1 unspecified atom stereocenters. The fraction of sp³-hybridized carbons (Fsp3) is 0.533. The van der Waals surface area contributed by atoms with Gasteiger partial charge < -0.3 is 10.2 Å². The van der Waals surface area contributed by atoms with Crippen LogP contribution in [0.3, 0.4) is 0 Å². The molecule has 2 rings (SSSR count). The Morgan fingerprint density at radius 3 is 2.86 bits per heavy atom. The van der Waals surface area contributed by atoms with Crippen LogP contribution in [0.4, 0.5) is 0 Å². The van der Waals surface area contributed by atoms with Crippen LogP contribution >= 0.6 is 11.6 Å². The highest BCUT2D eigenvalue weighted by Crippen LogP contribution is 2.16. The highest BCUT2D eigenvalue weighted by molar-refractivity contribution is 7.91. The van der Waals surface area contributed by atoms with Crippen LogP contribution in [0.15, 0.2) is 24.3 Å². The Bertz CT molecular complexity index is 633. The molecule has 1 atom stereocenters. The van der Waals surface area contributed by atoms with E-state index in [9.17, 15) is 13.2 Å². The molecule has 1 aliphatic heterocycles. The van der Waals surface area contributed by atoms with Gasteiger partial charge in [0.15, 0.2) is 9.84 Å². The van der Waals surface area contributed by atoms with Gasteiger partial charge in [-0.15, -0.1) is 0 Å². The quantitative estimate of drug-likeness (QED) is 0.785. The molecule has 0 radical (unpaired) electrons. The van der Waals surface area contributed by atoms with Crippen molar-refractivity contribution in [3.8, 4) is 0 Å². The Hall–Kier alpha value is -1.11. The number of benzene rings is 1. The summed E-state index contributed by atoms with van der Waals surface area (Å²) >= 11 is 5.92. The lowest BCUT2D eigenvalue weighted by molar-refractivity contribution is -0.130. The molecular formula is C15H21ClN2O3S. The summed E-state index contributed by atoms with van der Waals surface area (Å²) in [7, 11) is -1.29. The van der Waals surface area contributed by atoms with E-state index in [-0.39, 0.29) is 30.0 Å². The van der Waals surface area contributed by atoms with Gasteiger partial charge in [-0.05, 0) is 37.1 Å². The molecule has 0 saturated carbocycles. The molecule has 1 aromatic carbocycles. The predicted octanol–water partition coefficient (Wildman–Crippen LogP) is 1.12. The summed E-state index contributed by atoms with van der Waals surface area (Å²) in [5.74, 6) is 0.183. The largest absolute Gasteiger partial charge is 0.341 e. The Morgan fingerprint density at radius 1 is 1.45 bits per heavy atom. The molecule has 122 valence electrons. The van der Waals surface area contributed by atoms with Crippen molar-refractivity contribution in [1.29, 1.82) is 0 Å². The molecule has 1 saturated heterocycles. The van der Waals surface area contributed by atoms with Crippen molar-refractivity contribution in [2.24, 2.45) is 0 Å². The van der Waals surface area contributed by atoms with Gasteiger partial charge in [0, 0.05) is 18.1 Å². The molecule has 1 aliphatic rings. The van der Waals surface area contributed by atoms with Crippen molar-refractivity contribution in [3.05, 3.63) is 34.9 Å². The number of carbonyl (C=O) groups is 1. The van der Waals surface area contributed by atoms with Crippen molar-refractivity contribution >= 4 is 27.3 Å².